The van der Waals surface area contributed by atoms with E-state index in [0.717, 1.165) is 5.56 Å². The van der Waals surface area contributed by atoms with Crippen molar-refractivity contribution in [1.29, 1.82) is 0 Å². The molecule has 0 aromatic heterocycles. The molecule has 0 spiro atoms. The highest BCUT2D eigenvalue weighted by atomic mass is 16.6. The molecule has 1 rings (SSSR count). The molecule has 0 radical (unpaired) electrons. The van der Waals surface area contributed by atoms with Gasteiger partial charge < -0.3 is 24.3 Å². The predicted octanol–water partition coefficient (Wildman–Crippen LogP) is 2.49. The first-order valence-electron chi connectivity index (χ1n) is 8.60. The van der Waals surface area contributed by atoms with E-state index in [1.807, 2.05) is 0 Å². The van der Waals surface area contributed by atoms with Crippen LogP contribution in [0.2, 0.25) is 0 Å². The number of carbonyl (C=O) groups excluding carboxylic acids is 3. The summed E-state index contributed by atoms with van der Waals surface area (Å²) in [5.41, 5.74) is 0.638. The third kappa shape index (κ3) is 7.69. The van der Waals surface area contributed by atoms with Gasteiger partial charge in [-0.3, -0.25) is 0 Å². The van der Waals surface area contributed by atoms with Crippen molar-refractivity contribution in [2.75, 3.05) is 21.3 Å². The Hall–Kier alpha value is -3.03. The van der Waals surface area contributed by atoms with E-state index < -0.39 is 29.7 Å². The van der Waals surface area contributed by atoms with Crippen molar-refractivity contribution in [2.24, 2.45) is 0 Å². The summed E-state index contributed by atoms with van der Waals surface area (Å²) in [5.74, 6) is -0.571. The molecule has 0 saturated heterocycles. The number of benzene rings is 1. The molecular formula is C20H27NO7. The normalized spacial score (nSPS) is 12.2. The first-order valence-corrected chi connectivity index (χ1v) is 8.60. The van der Waals surface area contributed by atoms with E-state index in [4.69, 9.17) is 14.2 Å². The Morgan fingerprint density at radius 2 is 1.79 bits per heavy atom. The average Bonchev–Trinajstić information content (AvgIpc) is 2.63. The molecule has 0 saturated carbocycles. The predicted molar refractivity (Wildman–Crippen MR) is 103 cm³/mol. The third-order valence-corrected chi connectivity index (χ3v) is 3.51. The summed E-state index contributed by atoms with van der Waals surface area (Å²) in [5, 5.41) is 2.52. The monoisotopic (exact) mass is 393 g/mol. The van der Waals surface area contributed by atoms with Crippen LogP contribution in [0, 0.1) is 0 Å². The van der Waals surface area contributed by atoms with Crippen molar-refractivity contribution >= 4 is 24.1 Å². The second kappa shape index (κ2) is 10.3. The topological polar surface area (TPSA) is 100 Å². The fraction of sp³-hybridized carbons (Fsp3) is 0.450. The first-order chi connectivity index (χ1) is 13.1. The number of ether oxygens (including phenoxy) is 4. The summed E-state index contributed by atoms with van der Waals surface area (Å²) in [7, 11) is 4.03. The third-order valence-electron chi connectivity index (χ3n) is 3.51. The summed E-state index contributed by atoms with van der Waals surface area (Å²) in [6.45, 7) is 5.18. The highest BCUT2D eigenvalue weighted by molar-refractivity contribution is 5.87. The molecule has 8 heteroatoms. The zero-order chi connectivity index (χ0) is 21.3. The minimum atomic E-state index is -0.939. The maximum atomic E-state index is 12.1. The van der Waals surface area contributed by atoms with Gasteiger partial charge in [-0.05, 0) is 44.5 Å². The van der Waals surface area contributed by atoms with Crippen LogP contribution >= 0.6 is 0 Å². The summed E-state index contributed by atoms with van der Waals surface area (Å²) in [6, 6.07) is 4.26. The van der Waals surface area contributed by atoms with Gasteiger partial charge in [0.25, 0.3) is 0 Å². The molecule has 1 atom stereocenters. The van der Waals surface area contributed by atoms with Crippen molar-refractivity contribution in [3.05, 3.63) is 35.4 Å². The Morgan fingerprint density at radius 3 is 2.32 bits per heavy atom. The van der Waals surface area contributed by atoms with Crippen LogP contribution < -0.4 is 10.1 Å². The van der Waals surface area contributed by atoms with Crippen molar-refractivity contribution in [3.8, 4) is 5.75 Å². The Balaban J connectivity index is 3.05. The number of rotatable bonds is 7. The lowest BCUT2D eigenvalue weighted by Gasteiger charge is -2.22. The van der Waals surface area contributed by atoms with Crippen molar-refractivity contribution in [1.82, 2.24) is 5.32 Å². The molecule has 0 unspecified atom stereocenters. The molecule has 1 amide bonds. The molecule has 0 fully saturated rings. The van der Waals surface area contributed by atoms with Gasteiger partial charge in [-0.2, -0.15) is 0 Å². The average molecular weight is 393 g/mol. The Bertz CT molecular complexity index is 735. The van der Waals surface area contributed by atoms with E-state index in [9.17, 15) is 14.4 Å². The summed E-state index contributed by atoms with van der Waals surface area (Å²) >= 11 is 0. The van der Waals surface area contributed by atoms with Gasteiger partial charge in [0, 0.05) is 18.1 Å². The largest absolute Gasteiger partial charge is 0.496 e. The fourth-order valence-electron chi connectivity index (χ4n) is 2.29. The minimum Gasteiger partial charge on any atom is -0.496 e. The zero-order valence-corrected chi connectivity index (χ0v) is 17.0. The number of carbonyl (C=O) groups is 3. The fourth-order valence-corrected chi connectivity index (χ4v) is 2.29. The lowest BCUT2D eigenvalue weighted by molar-refractivity contribution is -0.143. The van der Waals surface area contributed by atoms with Gasteiger partial charge >= 0.3 is 18.0 Å². The second-order valence-corrected chi connectivity index (χ2v) is 6.86. The van der Waals surface area contributed by atoms with Gasteiger partial charge in [-0.1, -0.05) is 6.07 Å². The molecule has 1 N–H and O–H groups in total. The molecule has 1 aromatic rings. The summed E-state index contributed by atoms with van der Waals surface area (Å²) < 4.78 is 19.8. The molecule has 8 nitrogen and oxygen atoms in total. The van der Waals surface area contributed by atoms with Crippen LogP contribution in [0.3, 0.4) is 0 Å². The molecule has 0 heterocycles. The van der Waals surface area contributed by atoms with Crippen molar-refractivity contribution < 1.29 is 33.3 Å². The molecule has 154 valence electrons. The molecule has 28 heavy (non-hydrogen) atoms. The Labute approximate surface area is 164 Å². The maximum absolute atomic E-state index is 12.1. The molecule has 1 aromatic carbocycles. The Morgan fingerprint density at radius 1 is 1.11 bits per heavy atom. The summed E-state index contributed by atoms with van der Waals surface area (Å²) in [4.78, 5) is 35.5. The number of methoxy groups -OCH3 is 3. The van der Waals surface area contributed by atoms with Gasteiger partial charge in [-0.15, -0.1) is 0 Å². The lowest BCUT2D eigenvalue weighted by Crippen LogP contribution is -2.45. The lowest BCUT2D eigenvalue weighted by atomic mass is 10.0. The Kier molecular flexibility index (Phi) is 8.50. The van der Waals surface area contributed by atoms with Crippen LogP contribution in [0.4, 0.5) is 4.79 Å². The zero-order valence-electron chi connectivity index (χ0n) is 17.0. The van der Waals surface area contributed by atoms with Gasteiger partial charge in [0.1, 0.15) is 17.4 Å². The SMILES string of the molecule is COC(=O)/C=C/c1cc(C[C@H](NC(=O)OC(C)(C)C)C(=O)OC)ccc1OC. The molecular weight excluding hydrogens is 366 g/mol. The number of amides is 1. The van der Waals surface area contributed by atoms with E-state index in [2.05, 4.69) is 10.1 Å². The molecule has 0 aliphatic carbocycles. The standard InChI is InChI=1S/C20H27NO7/c1-20(2,3)28-19(24)21-15(18(23)27-6)12-13-7-9-16(25-4)14(11-13)8-10-17(22)26-5/h7-11,15H,12H2,1-6H3,(H,21,24)/b10-8+/t15-/m0/s1. The van der Waals surface area contributed by atoms with Crippen LogP contribution in [-0.2, 0) is 30.2 Å². The van der Waals surface area contributed by atoms with Crippen LogP contribution in [0.1, 0.15) is 31.9 Å². The molecule has 0 aliphatic rings. The van der Waals surface area contributed by atoms with Crippen LogP contribution in [0.5, 0.6) is 5.75 Å². The second-order valence-electron chi connectivity index (χ2n) is 6.86. The van der Waals surface area contributed by atoms with Gasteiger partial charge in [0.2, 0.25) is 0 Å². The number of esters is 2. The van der Waals surface area contributed by atoms with Crippen LogP contribution in [0.25, 0.3) is 6.08 Å². The van der Waals surface area contributed by atoms with Crippen LogP contribution in [-0.4, -0.2) is 51.0 Å². The van der Waals surface area contributed by atoms with Gasteiger partial charge in [0.15, 0.2) is 0 Å². The minimum absolute atomic E-state index is 0.162. The van der Waals surface area contributed by atoms with E-state index in [1.165, 1.54) is 27.4 Å². The van der Waals surface area contributed by atoms with E-state index in [0.29, 0.717) is 11.3 Å². The highest BCUT2D eigenvalue weighted by Gasteiger charge is 2.25. The number of nitrogens with one attached hydrogen (secondary N) is 1. The van der Waals surface area contributed by atoms with Crippen molar-refractivity contribution in [2.45, 2.75) is 38.8 Å². The summed E-state index contributed by atoms with van der Waals surface area (Å²) in [6.07, 6.45) is 2.25. The van der Waals surface area contributed by atoms with Crippen LogP contribution in [0.15, 0.2) is 24.3 Å². The number of alkyl carbamates (subject to hydrolysis) is 1. The van der Waals surface area contributed by atoms with Gasteiger partial charge in [-0.25, -0.2) is 14.4 Å². The highest BCUT2D eigenvalue weighted by Crippen LogP contribution is 2.22. The van der Waals surface area contributed by atoms with E-state index in [1.54, 1.807) is 45.0 Å². The molecule has 0 bridgehead atoms. The van der Waals surface area contributed by atoms with E-state index >= 15 is 0 Å². The maximum Gasteiger partial charge on any atom is 0.408 e. The van der Waals surface area contributed by atoms with Gasteiger partial charge in [0.05, 0.1) is 21.3 Å². The van der Waals surface area contributed by atoms with E-state index in [-0.39, 0.29) is 6.42 Å². The smallest absolute Gasteiger partial charge is 0.408 e. The number of hydrogen-bond donors (Lipinski definition) is 1. The first kappa shape index (κ1) is 23.0. The van der Waals surface area contributed by atoms with Crippen molar-refractivity contribution in [3.63, 3.8) is 0 Å². The molecule has 0 aliphatic heterocycles. The number of hydrogen-bond acceptors (Lipinski definition) is 7. The quantitative estimate of drug-likeness (QED) is 0.431.